The molecule has 2 rings (SSSR count). The van der Waals surface area contributed by atoms with Crippen LogP contribution in [0.5, 0.6) is 0 Å². The summed E-state index contributed by atoms with van der Waals surface area (Å²) in [7, 11) is 1.95. The summed E-state index contributed by atoms with van der Waals surface area (Å²) in [6.07, 6.45) is 4.92. The smallest absolute Gasteiger partial charge is 0.114 e. The highest BCUT2D eigenvalue weighted by Gasteiger charge is 2.00. The highest BCUT2D eigenvalue weighted by atomic mass is 15.0. The molecule has 0 aliphatic rings. The van der Waals surface area contributed by atoms with E-state index in [1.807, 2.05) is 31.6 Å². The van der Waals surface area contributed by atoms with Crippen molar-refractivity contribution in [3.8, 4) is 0 Å². The molecule has 0 unspecified atom stereocenters. The maximum absolute atomic E-state index is 4.36. The maximum atomic E-state index is 4.36. The van der Waals surface area contributed by atoms with Gasteiger partial charge in [-0.05, 0) is 19.2 Å². The van der Waals surface area contributed by atoms with Crippen LogP contribution in [0.4, 0.5) is 0 Å². The zero-order valence-electron chi connectivity index (χ0n) is 7.70. The third kappa shape index (κ3) is 1.55. The van der Waals surface area contributed by atoms with E-state index < -0.39 is 0 Å². The number of fused-ring (bicyclic) bond motifs is 1. The van der Waals surface area contributed by atoms with Gasteiger partial charge in [0.15, 0.2) is 0 Å². The molecule has 2 aromatic heterocycles. The lowest BCUT2D eigenvalue weighted by atomic mass is 10.4. The minimum atomic E-state index is 0.966. The summed E-state index contributed by atoms with van der Waals surface area (Å²) in [5.74, 6) is 1.12. The third-order valence-corrected chi connectivity index (χ3v) is 2.11. The molecule has 0 radical (unpaired) electrons. The standard InChI is InChI=1S/C10H13N3/c1-11-6-5-10-12-8-9-4-2-3-7-13(9)10/h2-4,7-8,11H,5-6H2,1H3. The van der Waals surface area contributed by atoms with Crippen LogP contribution in [0.1, 0.15) is 5.82 Å². The second-order valence-corrected chi connectivity index (χ2v) is 3.02. The van der Waals surface area contributed by atoms with Gasteiger partial charge in [-0.25, -0.2) is 4.98 Å². The van der Waals surface area contributed by atoms with E-state index in [1.54, 1.807) is 0 Å². The summed E-state index contributed by atoms with van der Waals surface area (Å²) in [5, 5.41) is 3.12. The molecule has 0 saturated heterocycles. The number of rotatable bonds is 3. The summed E-state index contributed by atoms with van der Waals surface area (Å²) in [6, 6.07) is 6.12. The van der Waals surface area contributed by atoms with E-state index in [0.29, 0.717) is 0 Å². The minimum absolute atomic E-state index is 0.966. The molecule has 0 aromatic carbocycles. The first-order valence-electron chi connectivity index (χ1n) is 4.47. The molecule has 0 bridgehead atoms. The summed E-state index contributed by atoms with van der Waals surface area (Å²) < 4.78 is 2.12. The molecule has 0 aliphatic carbocycles. The molecule has 2 aromatic rings. The molecular weight excluding hydrogens is 162 g/mol. The van der Waals surface area contributed by atoms with E-state index in [0.717, 1.165) is 24.3 Å². The first-order valence-corrected chi connectivity index (χ1v) is 4.47. The monoisotopic (exact) mass is 175 g/mol. The molecule has 1 N–H and O–H groups in total. The molecule has 0 atom stereocenters. The van der Waals surface area contributed by atoms with Crippen molar-refractivity contribution in [3.05, 3.63) is 36.4 Å². The van der Waals surface area contributed by atoms with Gasteiger partial charge in [0.1, 0.15) is 5.82 Å². The van der Waals surface area contributed by atoms with Crippen molar-refractivity contribution in [2.45, 2.75) is 6.42 Å². The van der Waals surface area contributed by atoms with Crippen LogP contribution < -0.4 is 5.32 Å². The number of nitrogens with zero attached hydrogens (tertiary/aromatic N) is 2. The van der Waals surface area contributed by atoms with Gasteiger partial charge in [0.25, 0.3) is 0 Å². The first-order chi connectivity index (χ1) is 6.42. The SMILES string of the molecule is CNCCc1ncc2ccccn12. The largest absolute Gasteiger partial charge is 0.319 e. The van der Waals surface area contributed by atoms with Gasteiger partial charge in [-0.3, -0.25) is 0 Å². The number of likely N-dealkylation sites (N-methyl/N-ethyl adjacent to an activating group) is 1. The Morgan fingerprint density at radius 1 is 1.46 bits per heavy atom. The number of hydrogen-bond donors (Lipinski definition) is 1. The van der Waals surface area contributed by atoms with Crippen LogP contribution in [-0.4, -0.2) is 23.0 Å². The highest BCUT2D eigenvalue weighted by Crippen LogP contribution is 2.05. The molecule has 0 aliphatic heterocycles. The molecule has 0 spiro atoms. The second-order valence-electron chi connectivity index (χ2n) is 3.02. The van der Waals surface area contributed by atoms with Crippen LogP contribution >= 0.6 is 0 Å². The lowest BCUT2D eigenvalue weighted by Gasteiger charge is -1.99. The molecule has 68 valence electrons. The Balaban J connectivity index is 2.35. The van der Waals surface area contributed by atoms with Crippen molar-refractivity contribution in [2.75, 3.05) is 13.6 Å². The molecule has 13 heavy (non-hydrogen) atoms. The zero-order valence-corrected chi connectivity index (χ0v) is 7.70. The van der Waals surface area contributed by atoms with Gasteiger partial charge >= 0.3 is 0 Å². The lowest BCUT2D eigenvalue weighted by Crippen LogP contribution is -2.12. The minimum Gasteiger partial charge on any atom is -0.319 e. The molecule has 3 nitrogen and oxygen atoms in total. The molecule has 0 fully saturated rings. The predicted molar refractivity (Wildman–Crippen MR) is 52.8 cm³/mol. The van der Waals surface area contributed by atoms with Crippen LogP contribution in [0.25, 0.3) is 5.52 Å². The van der Waals surface area contributed by atoms with Crippen molar-refractivity contribution < 1.29 is 0 Å². The summed E-state index contributed by atoms with van der Waals surface area (Å²) in [4.78, 5) is 4.36. The van der Waals surface area contributed by atoms with Gasteiger partial charge in [-0.2, -0.15) is 0 Å². The van der Waals surface area contributed by atoms with E-state index in [2.05, 4.69) is 20.8 Å². The first kappa shape index (κ1) is 8.26. The van der Waals surface area contributed by atoms with Gasteiger partial charge in [0.05, 0.1) is 11.7 Å². The Morgan fingerprint density at radius 2 is 2.38 bits per heavy atom. The van der Waals surface area contributed by atoms with Crippen molar-refractivity contribution in [1.82, 2.24) is 14.7 Å². The number of imidazole rings is 1. The molecule has 0 amide bonds. The lowest BCUT2D eigenvalue weighted by molar-refractivity contribution is 0.753. The quantitative estimate of drug-likeness (QED) is 0.756. The number of hydrogen-bond acceptors (Lipinski definition) is 2. The number of pyridine rings is 1. The van der Waals surface area contributed by atoms with Crippen LogP contribution in [0, 0.1) is 0 Å². The second kappa shape index (κ2) is 3.58. The van der Waals surface area contributed by atoms with E-state index in [9.17, 15) is 0 Å². The number of nitrogens with one attached hydrogen (secondary N) is 1. The fraction of sp³-hybridized carbons (Fsp3) is 0.300. The van der Waals surface area contributed by atoms with Crippen molar-refractivity contribution >= 4 is 5.52 Å². The Bertz CT molecular complexity index is 392. The zero-order chi connectivity index (χ0) is 9.10. The van der Waals surface area contributed by atoms with Crippen LogP contribution in [-0.2, 0) is 6.42 Å². The van der Waals surface area contributed by atoms with Crippen molar-refractivity contribution in [2.24, 2.45) is 0 Å². The van der Waals surface area contributed by atoms with Gasteiger partial charge in [-0.15, -0.1) is 0 Å². The summed E-state index contributed by atoms with van der Waals surface area (Å²) >= 11 is 0. The predicted octanol–water partition coefficient (Wildman–Crippen LogP) is 1.10. The Kier molecular flexibility index (Phi) is 2.27. The average Bonchev–Trinajstić information content (AvgIpc) is 2.58. The average molecular weight is 175 g/mol. The fourth-order valence-corrected chi connectivity index (χ4v) is 1.42. The number of aromatic nitrogens is 2. The van der Waals surface area contributed by atoms with Crippen molar-refractivity contribution in [3.63, 3.8) is 0 Å². The maximum Gasteiger partial charge on any atom is 0.114 e. The molecule has 3 heteroatoms. The summed E-state index contributed by atoms with van der Waals surface area (Å²) in [5.41, 5.74) is 1.16. The Morgan fingerprint density at radius 3 is 3.23 bits per heavy atom. The van der Waals surface area contributed by atoms with E-state index in [-0.39, 0.29) is 0 Å². The third-order valence-electron chi connectivity index (χ3n) is 2.11. The van der Waals surface area contributed by atoms with Crippen LogP contribution in [0.15, 0.2) is 30.6 Å². The van der Waals surface area contributed by atoms with E-state index >= 15 is 0 Å². The Hall–Kier alpha value is -1.35. The molecule has 0 saturated carbocycles. The fourth-order valence-electron chi connectivity index (χ4n) is 1.42. The van der Waals surface area contributed by atoms with E-state index in [4.69, 9.17) is 0 Å². The Labute approximate surface area is 77.4 Å². The van der Waals surface area contributed by atoms with E-state index in [1.165, 1.54) is 0 Å². The van der Waals surface area contributed by atoms with Gasteiger partial charge < -0.3 is 9.72 Å². The van der Waals surface area contributed by atoms with Crippen LogP contribution in [0.3, 0.4) is 0 Å². The van der Waals surface area contributed by atoms with Crippen molar-refractivity contribution in [1.29, 1.82) is 0 Å². The van der Waals surface area contributed by atoms with Gasteiger partial charge in [0.2, 0.25) is 0 Å². The molecular formula is C10H13N3. The molecule has 2 heterocycles. The summed E-state index contributed by atoms with van der Waals surface area (Å²) in [6.45, 7) is 0.966. The van der Waals surface area contributed by atoms with Crippen LogP contribution in [0.2, 0.25) is 0 Å². The van der Waals surface area contributed by atoms with Gasteiger partial charge in [-0.1, -0.05) is 6.07 Å². The normalized spacial score (nSPS) is 10.8. The highest BCUT2D eigenvalue weighted by molar-refractivity contribution is 5.45. The topological polar surface area (TPSA) is 29.3 Å². The van der Waals surface area contributed by atoms with Gasteiger partial charge in [0, 0.05) is 19.2 Å².